The van der Waals surface area contributed by atoms with E-state index in [1.807, 2.05) is 0 Å². The molecule has 120 valence electrons. The second kappa shape index (κ2) is 6.32. The van der Waals surface area contributed by atoms with Crippen LogP contribution >= 0.6 is 0 Å². The van der Waals surface area contributed by atoms with Crippen molar-refractivity contribution < 1.29 is 15.1 Å². The average Bonchev–Trinajstić information content (AvgIpc) is 3.14. The number of fused-ring (bicyclic) bond motifs is 2. The highest BCUT2D eigenvalue weighted by atomic mass is 16.6. The minimum atomic E-state index is -0.870. The van der Waals surface area contributed by atoms with E-state index < -0.39 is 17.1 Å². The van der Waals surface area contributed by atoms with E-state index in [1.54, 1.807) is 12.1 Å². The van der Waals surface area contributed by atoms with Gasteiger partial charge in [0.15, 0.2) is 0 Å². The largest absolute Gasteiger partial charge is 0.395 e. The van der Waals surface area contributed by atoms with Gasteiger partial charge in [0.25, 0.3) is 5.69 Å². The third-order valence-electron chi connectivity index (χ3n) is 5.19. The molecule has 6 nitrogen and oxygen atoms in total. The molecule has 0 aliphatic heterocycles. The Morgan fingerprint density at radius 2 is 2.00 bits per heavy atom. The molecule has 2 bridgehead atoms. The zero-order valence-electron chi connectivity index (χ0n) is 12.4. The predicted octanol–water partition coefficient (Wildman–Crippen LogP) is 1.77. The smallest absolute Gasteiger partial charge is 0.269 e. The van der Waals surface area contributed by atoms with Crippen molar-refractivity contribution >= 4 is 5.69 Å². The van der Waals surface area contributed by atoms with Gasteiger partial charge >= 0.3 is 0 Å². The Morgan fingerprint density at radius 1 is 1.27 bits per heavy atom. The lowest BCUT2D eigenvalue weighted by molar-refractivity contribution is -0.384. The van der Waals surface area contributed by atoms with Crippen molar-refractivity contribution in [1.29, 1.82) is 0 Å². The highest BCUT2D eigenvalue weighted by molar-refractivity contribution is 5.34. The van der Waals surface area contributed by atoms with Crippen LogP contribution in [0, 0.1) is 22.0 Å². The highest BCUT2D eigenvalue weighted by Gasteiger charge is 2.40. The molecule has 0 heterocycles. The summed E-state index contributed by atoms with van der Waals surface area (Å²) < 4.78 is 0. The summed E-state index contributed by atoms with van der Waals surface area (Å²) >= 11 is 0. The Balaban J connectivity index is 1.65. The fraction of sp³-hybridized carbons (Fsp3) is 0.625. The first kappa shape index (κ1) is 15.4. The van der Waals surface area contributed by atoms with E-state index in [0.29, 0.717) is 17.5 Å². The molecule has 0 saturated heterocycles. The standard InChI is InChI=1S/C16H22N2O4/c19-9-15(17-14-8-10-1-2-12(14)7-10)16(20)11-3-5-13(6-4-11)18(21)22/h3-6,10,12,14-17,19-20H,1-2,7-9H2. The van der Waals surface area contributed by atoms with Gasteiger partial charge in [-0.15, -0.1) is 0 Å². The van der Waals surface area contributed by atoms with Crippen LogP contribution in [0.3, 0.4) is 0 Å². The minimum absolute atomic E-state index is 0.00226. The van der Waals surface area contributed by atoms with E-state index >= 15 is 0 Å². The fourth-order valence-corrected chi connectivity index (χ4v) is 3.99. The molecule has 2 fully saturated rings. The van der Waals surface area contributed by atoms with Crippen LogP contribution in [0.1, 0.15) is 37.4 Å². The molecule has 0 aromatic heterocycles. The Bertz CT molecular complexity index is 533. The number of aliphatic hydroxyl groups excluding tert-OH is 2. The number of non-ortho nitro benzene ring substituents is 1. The molecule has 5 atom stereocenters. The quantitative estimate of drug-likeness (QED) is 0.550. The van der Waals surface area contributed by atoms with Crippen LogP contribution < -0.4 is 5.32 Å². The van der Waals surface area contributed by atoms with Crippen molar-refractivity contribution in [2.24, 2.45) is 11.8 Å². The number of nitrogens with one attached hydrogen (secondary N) is 1. The van der Waals surface area contributed by atoms with Crippen molar-refractivity contribution in [3.05, 3.63) is 39.9 Å². The Morgan fingerprint density at radius 3 is 2.50 bits per heavy atom. The zero-order chi connectivity index (χ0) is 15.7. The lowest BCUT2D eigenvalue weighted by Gasteiger charge is -2.30. The first-order valence-electron chi connectivity index (χ1n) is 7.87. The van der Waals surface area contributed by atoms with Gasteiger partial charge in [-0.1, -0.05) is 6.42 Å². The molecular formula is C16H22N2O4. The van der Waals surface area contributed by atoms with Gasteiger partial charge in [0.05, 0.1) is 23.7 Å². The van der Waals surface area contributed by atoms with E-state index in [1.165, 1.54) is 31.4 Å². The van der Waals surface area contributed by atoms with E-state index in [9.17, 15) is 20.3 Å². The van der Waals surface area contributed by atoms with Crippen molar-refractivity contribution in [2.75, 3.05) is 6.61 Å². The van der Waals surface area contributed by atoms with Gasteiger partial charge in [0.1, 0.15) is 0 Å². The molecule has 22 heavy (non-hydrogen) atoms. The lowest BCUT2D eigenvalue weighted by atomic mass is 9.93. The molecule has 1 aromatic carbocycles. The Kier molecular flexibility index (Phi) is 4.42. The van der Waals surface area contributed by atoms with Crippen LogP contribution in [-0.4, -0.2) is 33.8 Å². The molecule has 2 aliphatic carbocycles. The molecule has 6 heteroatoms. The van der Waals surface area contributed by atoms with Gasteiger partial charge < -0.3 is 15.5 Å². The van der Waals surface area contributed by atoms with Gasteiger partial charge in [-0.25, -0.2) is 0 Å². The van der Waals surface area contributed by atoms with Gasteiger partial charge in [0.2, 0.25) is 0 Å². The number of hydrogen-bond donors (Lipinski definition) is 3. The van der Waals surface area contributed by atoms with Crippen molar-refractivity contribution in [3.8, 4) is 0 Å². The topological polar surface area (TPSA) is 95.6 Å². The van der Waals surface area contributed by atoms with Crippen LogP contribution in [0.5, 0.6) is 0 Å². The molecule has 1 aromatic rings. The average molecular weight is 306 g/mol. The number of hydrogen-bond acceptors (Lipinski definition) is 5. The van der Waals surface area contributed by atoms with Gasteiger partial charge in [-0.3, -0.25) is 10.1 Å². The minimum Gasteiger partial charge on any atom is -0.395 e. The van der Waals surface area contributed by atoms with E-state index in [-0.39, 0.29) is 12.3 Å². The van der Waals surface area contributed by atoms with E-state index in [0.717, 1.165) is 12.3 Å². The van der Waals surface area contributed by atoms with Crippen molar-refractivity contribution in [1.82, 2.24) is 5.32 Å². The summed E-state index contributed by atoms with van der Waals surface area (Å²) in [7, 11) is 0. The normalized spacial score (nSPS) is 29.5. The van der Waals surface area contributed by atoms with Crippen LogP contribution in [0.15, 0.2) is 24.3 Å². The number of nitrogens with zero attached hydrogens (tertiary/aromatic N) is 1. The summed E-state index contributed by atoms with van der Waals surface area (Å²) in [6, 6.07) is 5.78. The first-order chi connectivity index (χ1) is 10.6. The first-order valence-corrected chi connectivity index (χ1v) is 7.87. The number of nitro groups is 1. The third-order valence-corrected chi connectivity index (χ3v) is 5.19. The molecule has 0 amide bonds. The molecule has 0 radical (unpaired) electrons. The predicted molar refractivity (Wildman–Crippen MR) is 81.3 cm³/mol. The summed E-state index contributed by atoms with van der Waals surface area (Å²) in [6.07, 6.45) is 4.04. The van der Waals surface area contributed by atoms with Crippen molar-refractivity contribution in [2.45, 2.75) is 43.9 Å². The summed E-state index contributed by atoms with van der Waals surface area (Å²) in [5.74, 6) is 1.45. The maximum absolute atomic E-state index is 10.7. The molecule has 3 rings (SSSR count). The molecular weight excluding hydrogens is 284 g/mol. The van der Waals surface area contributed by atoms with Crippen molar-refractivity contribution in [3.63, 3.8) is 0 Å². The maximum atomic E-state index is 10.7. The molecule has 2 saturated carbocycles. The number of rotatable bonds is 6. The summed E-state index contributed by atoms with van der Waals surface area (Å²) in [6.45, 7) is -0.161. The summed E-state index contributed by atoms with van der Waals surface area (Å²) in [5, 5.41) is 34.1. The summed E-state index contributed by atoms with van der Waals surface area (Å²) in [5.41, 5.74) is 0.581. The maximum Gasteiger partial charge on any atom is 0.269 e. The fourth-order valence-electron chi connectivity index (χ4n) is 3.99. The second-order valence-electron chi connectivity index (χ2n) is 6.53. The van der Waals surface area contributed by atoms with E-state index in [4.69, 9.17) is 0 Å². The van der Waals surface area contributed by atoms with Crippen LogP contribution in [-0.2, 0) is 0 Å². The molecule has 0 spiro atoms. The second-order valence-corrected chi connectivity index (χ2v) is 6.53. The monoisotopic (exact) mass is 306 g/mol. The number of nitro benzene ring substituents is 1. The third kappa shape index (κ3) is 2.99. The molecule has 5 unspecified atom stereocenters. The molecule has 3 N–H and O–H groups in total. The zero-order valence-corrected chi connectivity index (χ0v) is 12.4. The van der Waals surface area contributed by atoms with Crippen LogP contribution in [0.4, 0.5) is 5.69 Å². The Labute approximate surface area is 129 Å². The van der Waals surface area contributed by atoms with Crippen LogP contribution in [0.25, 0.3) is 0 Å². The van der Waals surface area contributed by atoms with Gasteiger partial charge in [0, 0.05) is 18.2 Å². The lowest BCUT2D eigenvalue weighted by Crippen LogP contribution is -2.46. The van der Waals surface area contributed by atoms with Crippen LogP contribution in [0.2, 0.25) is 0 Å². The molecule has 2 aliphatic rings. The highest BCUT2D eigenvalue weighted by Crippen LogP contribution is 2.44. The Hall–Kier alpha value is -1.50. The number of aliphatic hydroxyl groups is 2. The summed E-state index contributed by atoms with van der Waals surface area (Å²) in [4.78, 5) is 10.2. The van der Waals surface area contributed by atoms with E-state index in [2.05, 4.69) is 5.32 Å². The van der Waals surface area contributed by atoms with Gasteiger partial charge in [-0.05, 0) is 48.8 Å². The SMILES string of the molecule is O=[N+]([O-])c1ccc(C(O)C(CO)NC2CC3CCC2C3)cc1. The van der Waals surface area contributed by atoms with Gasteiger partial charge in [-0.2, -0.15) is 0 Å². The number of benzene rings is 1.